The smallest absolute Gasteiger partial charge is 0.423 e. The second-order valence-corrected chi connectivity index (χ2v) is 5.29. The van der Waals surface area contributed by atoms with E-state index in [9.17, 15) is 10.0 Å². The molecule has 0 aliphatic carbocycles. The number of rotatable bonds is 3. The summed E-state index contributed by atoms with van der Waals surface area (Å²) in [6.45, 7) is 4.03. The highest BCUT2D eigenvalue weighted by Gasteiger charge is 2.18. The second kappa shape index (κ2) is 5.61. The first-order valence-corrected chi connectivity index (χ1v) is 6.60. The summed E-state index contributed by atoms with van der Waals surface area (Å²) in [5, 5.41) is 18.8. The van der Waals surface area contributed by atoms with Gasteiger partial charge in [0.1, 0.15) is 0 Å². The number of benzene rings is 2. The molecule has 0 aliphatic rings. The van der Waals surface area contributed by atoms with E-state index in [4.69, 9.17) is 0 Å². The number of aryl methyl sites for hydroxylation is 2. The van der Waals surface area contributed by atoms with E-state index in [0.717, 1.165) is 15.4 Å². The molecule has 0 fully saturated rings. The van der Waals surface area contributed by atoms with E-state index in [1.807, 2.05) is 37.3 Å². The first-order valence-electron chi connectivity index (χ1n) is 5.78. The van der Waals surface area contributed by atoms with E-state index < -0.39 is 7.12 Å². The van der Waals surface area contributed by atoms with E-state index in [0.29, 0.717) is 5.46 Å². The first kappa shape index (κ1) is 13.2. The molecule has 2 aromatic carbocycles. The maximum absolute atomic E-state index is 9.42. The molecule has 0 saturated carbocycles. The maximum atomic E-state index is 9.42. The third-order valence-corrected chi connectivity index (χ3v) is 4.27. The van der Waals surface area contributed by atoms with Gasteiger partial charge in [-0.05, 0) is 36.5 Å². The lowest BCUT2D eigenvalue weighted by atomic mass is 9.79. The Kier molecular flexibility index (Phi) is 4.12. The zero-order valence-electron chi connectivity index (χ0n) is 10.4. The van der Waals surface area contributed by atoms with Crippen LogP contribution in [0.15, 0.2) is 52.3 Å². The van der Waals surface area contributed by atoms with E-state index >= 15 is 0 Å². The van der Waals surface area contributed by atoms with E-state index in [1.165, 1.54) is 5.56 Å². The van der Waals surface area contributed by atoms with Gasteiger partial charge in [0.15, 0.2) is 0 Å². The molecule has 0 atom stereocenters. The maximum Gasteiger partial charge on any atom is 0.489 e. The highest BCUT2D eigenvalue weighted by molar-refractivity contribution is 7.99. The van der Waals surface area contributed by atoms with Crippen LogP contribution in [-0.2, 0) is 0 Å². The molecule has 2 N–H and O–H groups in total. The molecular weight excluding hydrogens is 243 g/mol. The Balaban J connectivity index is 2.43. The van der Waals surface area contributed by atoms with E-state index in [2.05, 4.69) is 13.0 Å². The minimum absolute atomic E-state index is 0.559. The molecule has 18 heavy (non-hydrogen) atoms. The SMILES string of the molecule is Cc1ccccc1Sc1c(C)cccc1B(O)O. The Bertz CT molecular complexity index is 555. The lowest BCUT2D eigenvalue weighted by Crippen LogP contribution is -2.31. The fourth-order valence-electron chi connectivity index (χ4n) is 1.80. The summed E-state index contributed by atoms with van der Waals surface area (Å²) >= 11 is 1.58. The average molecular weight is 258 g/mol. The highest BCUT2D eigenvalue weighted by atomic mass is 32.2. The van der Waals surface area contributed by atoms with Crippen molar-refractivity contribution in [3.05, 3.63) is 53.6 Å². The van der Waals surface area contributed by atoms with Gasteiger partial charge >= 0.3 is 7.12 Å². The molecule has 0 aliphatic heterocycles. The molecule has 4 heteroatoms. The number of hydrogen-bond acceptors (Lipinski definition) is 3. The quantitative estimate of drug-likeness (QED) is 0.828. The average Bonchev–Trinajstić information content (AvgIpc) is 2.34. The van der Waals surface area contributed by atoms with Crippen LogP contribution in [0.5, 0.6) is 0 Å². The zero-order chi connectivity index (χ0) is 13.1. The van der Waals surface area contributed by atoms with Gasteiger partial charge in [0, 0.05) is 9.79 Å². The van der Waals surface area contributed by atoms with E-state index in [-0.39, 0.29) is 0 Å². The monoisotopic (exact) mass is 258 g/mol. The van der Waals surface area contributed by atoms with Crippen LogP contribution in [0, 0.1) is 13.8 Å². The molecular formula is C14H15BO2S. The Labute approximate surface area is 112 Å². The Morgan fingerprint density at radius 3 is 2.22 bits per heavy atom. The van der Waals surface area contributed by atoms with E-state index in [1.54, 1.807) is 17.8 Å². The van der Waals surface area contributed by atoms with Crippen molar-refractivity contribution >= 4 is 24.3 Å². The Hall–Kier alpha value is -1.23. The summed E-state index contributed by atoms with van der Waals surface area (Å²) in [5.74, 6) is 0. The standard InChI is InChI=1S/C14H15BO2S/c1-10-6-3-4-9-13(10)18-14-11(2)7-5-8-12(14)15(16)17/h3-9,16-17H,1-2H3. The van der Waals surface area contributed by atoms with Crippen molar-refractivity contribution in [3.63, 3.8) is 0 Å². The molecule has 0 unspecified atom stereocenters. The van der Waals surface area contributed by atoms with Gasteiger partial charge in [-0.3, -0.25) is 0 Å². The fraction of sp³-hybridized carbons (Fsp3) is 0.143. The van der Waals surface area contributed by atoms with Crippen LogP contribution in [0.1, 0.15) is 11.1 Å². The summed E-state index contributed by atoms with van der Waals surface area (Å²) in [7, 11) is -1.43. The van der Waals surface area contributed by atoms with Gasteiger partial charge in [-0.25, -0.2) is 0 Å². The summed E-state index contributed by atoms with van der Waals surface area (Å²) in [5.41, 5.74) is 2.79. The molecule has 2 nitrogen and oxygen atoms in total. The van der Waals surface area contributed by atoms with Gasteiger partial charge in [-0.1, -0.05) is 48.2 Å². The molecule has 0 saturated heterocycles. The van der Waals surface area contributed by atoms with Gasteiger partial charge in [0.05, 0.1) is 0 Å². The molecule has 2 aromatic rings. The van der Waals surface area contributed by atoms with Crippen molar-refractivity contribution in [3.8, 4) is 0 Å². The van der Waals surface area contributed by atoms with Crippen molar-refractivity contribution in [1.29, 1.82) is 0 Å². The van der Waals surface area contributed by atoms with Gasteiger partial charge < -0.3 is 10.0 Å². The summed E-state index contributed by atoms with van der Waals surface area (Å²) < 4.78 is 0. The van der Waals surface area contributed by atoms with Crippen LogP contribution in [0.2, 0.25) is 0 Å². The minimum Gasteiger partial charge on any atom is -0.423 e. The van der Waals surface area contributed by atoms with Crippen LogP contribution in [0.3, 0.4) is 0 Å². The largest absolute Gasteiger partial charge is 0.489 e. The molecule has 0 amide bonds. The molecule has 0 spiro atoms. The third kappa shape index (κ3) is 2.78. The lowest BCUT2D eigenvalue weighted by Gasteiger charge is -2.12. The summed E-state index contributed by atoms with van der Waals surface area (Å²) in [6, 6.07) is 13.6. The van der Waals surface area contributed by atoms with Crippen molar-refractivity contribution < 1.29 is 10.0 Å². The van der Waals surface area contributed by atoms with Crippen LogP contribution >= 0.6 is 11.8 Å². The van der Waals surface area contributed by atoms with Crippen LogP contribution < -0.4 is 5.46 Å². The van der Waals surface area contributed by atoms with Crippen molar-refractivity contribution in [2.24, 2.45) is 0 Å². The molecule has 0 radical (unpaired) electrons. The fourth-order valence-corrected chi connectivity index (χ4v) is 2.91. The van der Waals surface area contributed by atoms with Crippen molar-refractivity contribution in [1.82, 2.24) is 0 Å². The van der Waals surface area contributed by atoms with Crippen molar-refractivity contribution in [2.75, 3.05) is 0 Å². The minimum atomic E-state index is -1.43. The second-order valence-electron chi connectivity index (χ2n) is 4.23. The van der Waals surface area contributed by atoms with Gasteiger partial charge in [0.2, 0.25) is 0 Å². The molecule has 2 rings (SSSR count). The van der Waals surface area contributed by atoms with Gasteiger partial charge in [-0.15, -0.1) is 0 Å². The molecule has 0 bridgehead atoms. The van der Waals surface area contributed by atoms with Gasteiger partial charge in [-0.2, -0.15) is 0 Å². The predicted molar refractivity (Wildman–Crippen MR) is 76.3 cm³/mol. The zero-order valence-corrected chi connectivity index (χ0v) is 11.2. The highest BCUT2D eigenvalue weighted by Crippen LogP contribution is 2.31. The number of hydrogen-bond donors (Lipinski definition) is 2. The lowest BCUT2D eigenvalue weighted by molar-refractivity contribution is 0.425. The normalized spacial score (nSPS) is 10.4. The Morgan fingerprint density at radius 2 is 1.56 bits per heavy atom. The topological polar surface area (TPSA) is 40.5 Å². The molecule has 92 valence electrons. The van der Waals surface area contributed by atoms with Crippen molar-refractivity contribution in [2.45, 2.75) is 23.6 Å². The summed E-state index contributed by atoms with van der Waals surface area (Å²) in [4.78, 5) is 2.05. The predicted octanol–water partition coefficient (Wildman–Crippen LogP) is 2.13. The Morgan fingerprint density at radius 1 is 0.889 bits per heavy atom. The summed E-state index contributed by atoms with van der Waals surface area (Å²) in [6.07, 6.45) is 0. The molecule has 0 heterocycles. The first-order chi connectivity index (χ1) is 8.59. The third-order valence-electron chi connectivity index (χ3n) is 2.83. The van der Waals surface area contributed by atoms with Crippen LogP contribution in [-0.4, -0.2) is 17.2 Å². The van der Waals surface area contributed by atoms with Crippen LogP contribution in [0.4, 0.5) is 0 Å². The molecule has 0 aromatic heterocycles. The van der Waals surface area contributed by atoms with Crippen LogP contribution in [0.25, 0.3) is 0 Å². The van der Waals surface area contributed by atoms with Gasteiger partial charge in [0.25, 0.3) is 0 Å².